The number of hydrogen-bond acceptors (Lipinski definition) is 2. The fraction of sp³-hybridized carbons (Fsp3) is 0.294. The van der Waals surface area contributed by atoms with E-state index in [0.29, 0.717) is 5.15 Å². The van der Waals surface area contributed by atoms with Crippen molar-refractivity contribution in [1.29, 1.82) is 0 Å². The summed E-state index contributed by atoms with van der Waals surface area (Å²) >= 11 is 11.8. The van der Waals surface area contributed by atoms with Crippen molar-refractivity contribution >= 4 is 53.1 Å². The Morgan fingerprint density at radius 2 is 1.75 bits per heavy atom. The molecule has 1 heterocycles. The van der Waals surface area contributed by atoms with Crippen LogP contribution in [0.1, 0.15) is 11.1 Å². The SMILES string of the molecule is CN=C(NCCc1ccc(Cl)nc1)NCCc1cccc(Cl)c1.I. The number of halogens is 3. The van der Waals surface area contributed by atoms with E-state index in [2.05, 4.69) is 26.7 Å². The number of hydrogen-bond donors (Lipinski definition) is 2. The zero-order valence-electron chi connectivity index (χ0n) is 13.4. The Bertz CT molecular complexity index is 647. The lowest BCUT2D eigenvalue weighted by molar-refractivity contribution is 0.783. The molecular formula is C17H21Cl2IN4. The van der Waals surface area contributed by atoms with Gasteiger partial charge >= 0.3 is 0 Å². The molecular weight excluding hydrogens is 458 g/mol. The van der Waals surface area contributed by atoms with Crippen molar-refractivity contribution in [2.75, 3.05) is 20.1 Å². The Hall–Kier alpha value is -1.05. The molecule has 1 aromatic carbocycles. The highest BCUT2D eigenvalue weighted by molar-refractivity contribution is 14.0. The van der Waals surface area contributed by atoms with Crippen LogP contribution in [0, 0.1) is 0 Å². The summed E-state index contributed by atoms with van der Waals surface area (Å²) in [6.45, 7) is 1.57. The maximum atomic E-state index is 5.98. The summed E-state index contributed by atoms with van der Waals surface area (Å²) in [5, 5.41) is 7.85. The molecule has 0 saturated heterocycles. The number of rotatable bonds is 6. The maximum absolute atomic E-state index is 5.98. The lowest BCUT2D eigenvalue weighted by Gasteiger charge is -2.12. The molecule has 0 spiro atoms. The normalized spacial score (nSPS) is 10.9. The van der Waals surface area contributed by atoms with Crippen molar-refractivity contribution in [3.05, 3.63) is 63.9 Å². The van der Waals surface area contributed by atoms with Gasteiger partial charge in [0.2, 0.25) is 0 Å². The highest BCUT2D eigenvalue weighted by Gasteiger charge is 2.00. The van der Waals surface area contributed by atoms with E-state index < -0.39 is 0 Å². The second-order valence-corrected chi connectivity index (χ2v) is 5.87. The van der Waals surface area contributed by atoms with Crippen LogP contribution in [0.2, 0.25) is 10.2 Å². The Labute approximate surface area is 170 Å². The number of nitrogens with zero attached hydrogens (tertiary/aromatic N) is 2. The van der Waals surface area contributed by atoms with Crippen molar-refractivity contribution in [2.45, 2.75) is 12.8 Å². The van der Waals surface area contributed by atoms with E-state index in [9.17, 15) is 0 Å². The van der Waals surface area contributed by atoms with Gasteiger partial charge in [-0.05, 0) is 42.2 Å². The van der Waals surface area contributed by atoms with Crippen LogP contribution in [-0.2, 0) is 12.8 Å². The van der Waals surface area contributed by atoms with E-state index in [1.165, 1.54) is 5.56 Å². The molecule has 4 nitrogen and oxygen atoms in total. The summed E-state index contributed by atoms with van der Waals surface area (Å²) < 4.78 is 0. The molecule has 1 aromatic heterocycles. The number of aromatic nitrogens is 1. The van der Waals surface area contributed by atoms with E-state index in [4.69, 9.17) is 23.2 Å². The standard InChI is InChI=1S/C17H20Cl2N4.HI/c1-20-17(21-9-7-13-3-2-4-15(18)11-13)22-10-8-14-5-6-16(19)23-12-14;/h2-6,11-12H,7-10H2,1H3,(H2,20,21,22);1H. The van der Waals surface area contributed by atoms with Crippen molar-refractivity contribution in [3.8, 4) is 0 Å². The fourth-order valence-corrected chi connectivity index (χ4v) is 2.44. The first kappa shape index (κ1) is 21.0. The molecule has 0 unspecified atom stereocenters. The summed E-state index contributed by atoms with van der Waals surface area (Å²) in [6.07, 6.45) is 3.54. The number of benzene rings is 1. The van der Waals surface area contributed by atoms with Gasteiger partial charge in [0, 0.05) is 31.4 Å². The first-order valence-electron chi connectivity index (χ1n) is 7.47. The quantitative estimate of drug-likeness (QED) is 0.286. The van der Waals surface area contributed by atoms with Gasteiger partial charge in [-0.3, -0.25) is 4.99 Å². The van der Waals surface area contributed by atoms with Gasteiger partial charge in [0.05, 0.1) is 0 Å². The molecule has 2 rings (SSSR count). The Kier molecular flexibility index (Phi) is 10.1. The van der Waals surface area contributed by atoms with E-state index in [0.717, 1.165) is 42.5 Å². The number of nitrogens with one attached hydrogen (secondary N) is 2. The van der Waals surface area contributed by atoms with Crippen molar-refractivity contribution in [1.82, 2.24) is 15.6 Å². The van der Waals surface area contributed by atoms with E-state index >= 15 is 0 Å². The van der Waals surface area contributed by atoms with E-state index in [1.54, 1.807) is 19.3 Å². The van der Waals surface area contributed by atoms with E-state index in [1.807, 2.05) is 24.3 Å². The van der Waals surface area contributed by atoms with Crippen molar-refractivity contribution in [2.24, 2.45) is 4.99 Å². The van der Waals surface area contributed by atoms with Crippen molar-refractivity contribution in [3.63, 3.8) is 0 Å². The molecule has 0 bridgehead atoms. The molecule has 0 radical (unpaired) electrons. The van der Waals surface area contributed by atoms with Crippen LogP contribution in [0.4, 0.5) is 0 Å². The third-order valence-corrected chi connectivity index (χ3v) is 3.77. The van der Waals surface area contributed by atoms with Gasteiger partial charge in [-0.25, -0.2) is 4.98 Å². The molecule has 24 heavy (non-hydrogen) atoms. The minimum absolute atomic E-state index is 0. The first-order chi connectivity index (χ1) is 11.2. The number of pyridine rings is 1. The molecule has 0 saturated carbocycles. The smallest absolute Gasteiger partial charge is 0.190 e. The maximum Gasteiger partial charge on any atom is 0.190 e. The Morgan fingerprint density at radius 1 is 1.04 bits per heavy atom. The monoisotopic (exact) mass is 478 g/mol. The summed E-state index contributed by atoms with van der Waals surface area (Å²) in [5.74, 6) is 0.786. The van der Waals surface area contributed by atoms with Crippen LogP contribution in [-0.4, -0.2) is 31.1 Å². The highest BCUT2D eigenvalue weighted by atomic mass is 127. The lowest BCUT2D eigenvalue weighted by atomic mass is 10.1. The summed E-state index contributed by atoms with van der Waals surface area (Å²) in [4.78, 5) is 8.28. The zero-order valence-corrected chi connectivity index (χ0v) is 17.3. The molecule has 0 aliphatic heterocycles. The fourth-order valence-electron chi connectivity index (χ4n) is 2.12. The number of aliphatic imine (C=N–C) groups is 1. The van der Waals surface area contributed by atoms with Gasteiger partial charge in [-0.15, -0.1) is 24.0 Å². The predicted octanol–water partition coefficient (Wildman–Crippen LogP) is 3.96. The molecule has 2 N–H and O–H groups in total. The molecule has 0 aliphatic rings. The van der Waals surface area contributed by atoms with Crippen LogP contribution < -0.4 is 10.6 Å². The summed E-state index contributed by atoms with van der Waals surface area (Å²) in [6, 6.07) is 11.7. The van der Waals surface area contributed by atoms with Gasteiger partial charge < -0.3 is 10.6 Å². The molecule has 130 valence electrons. The lowest BCUT2D eigenvalue weighted by Crippen LogP contribution is -2.39. The highest BCUT2D eigenvalue weighted by Crippen LogP contribution is 2.10. The van der Waals surface area contributed by atoms with Crippen LogP contribution >= 0.6 is 47.2 Å². The predicted molar refractivity (Wildman–Crippen MR) is 113 cm³/mol. The second kappa shape index (κ2) is 11.5. The van der Waals surface area contributed by atoms with Gasteiger partial charge in [0.25, 0.3) is 0 Å². The van der Waals surface area contributed by atoms with Gasteiger partial charge in [-0.2, -0.15) is 0 Å². The third-order valence-electron chi connectivity index (χ3n) is 3.31. The molecule has 7 heteroatoms. The summed E-state index contributed by atoms with van der Waals surface area (Å²) in [7, 11) is 1.76. The number of guanidine groups is 1. The molecule has 2 aromatic rings. The minimum Gasteiger partial charge on any atom is -0.356 e. The van der Waals surface area contributed by atoms with Crippen LogP contribution in [0.5, 0.6) is 0 Å². The largest absolute Gasteiger partial charge is 0.356 e. The Morgan fingerprint density at radius 3 is 2.33 bits per heavy atom. The van der Waals surface area contributed by atoms with E-state index in [-0.39, 0.29) is 24.0 Å². The van der Waals surface area contributed by atoms with Gasteiger partial charge in [0.15, 0.2) is 5.96 Å². The first-order valence-corrected chi connectivity index (χ1v) is 8.22. The molecule has 0 fully saturated rings. The van der Waals surface area contributed by atoms with Crippen molar-refractivity contribution < 1.29 is 0 Å². The molecule has 0 atom stereocenters. The average molecular weight is 479 g/mol. The van der Waals surface area contributed by atoms with Gasteiger partial charge in [-0.1, -0.05) is 41.4 Å². The zero-order chi connectivity index (χ0) is 16.5. The second-order valence-electron chi connectivity index (χ2n) is 5.04. The third kappa shape index (κ3) is 7.68. The minimum atomic E-state index is 0. The van der Waals surface area contributed by atoms with Crippen LogP contribution in [0.25, 0.3) is 0 Å². The Balaban J connectivity index is 0.00000288. The molecule has 0 aliphatic carbocycles. The van der Waals surface area contributed by atoms with Gasteiger partial charge in [0.1, 0.15) is 5.15 Å². The van der Waals surface area contributed by atoms with Crippen LogP contribution in [0.15, 0.2) is 47.6 Å². The topological polar surface area (TPSA) is 49.3 Å². The van der Waals surface area contributed by atoms with Crippen LogP contribution in [0.3, 0.4) is 0 Å². The average Bonchev–Trinajstić information content (AvgIpc) is 2.55. The molecule has 0 amide bonds. The summed E-state index contributed by atoms with van der Waals surface area (Å²) in [5.41, 5.74) is 2.34.